The van der Waals surface area contributed by atoms with Gasteiger partial charge in [-0.1, -0.05) is 35.9 Å². The highest BCUT2D eigenvalue weighted by atomic mass is 35.5. The van der Waals surface area contributed by atoms with Gasteiger partial charge in [0.05, 0.1) is 12.5 Å². The molecule has 0 aliphatic heterocycles. The summed E-state index contributed by atoms with van der Waals surface area (Å²) in [5.74, 6) is 0.887. The molecule has 1 aliphatic rings. The van der Waals surface area contributed by atoms with Gasteiger partial charge in [0.25, 0.3) is 0 Å². The summed E-state index contributed by atoms with van der Waals surface area (Å²) in [6.45, 7) is 0.519. The molecule has 22 heavy (non-hydrogen) atoms. The van der Waals surface area contributed by atoms with E-state index in [1.807, 2.05) is 48.5 Å². The van der Waals surface area contributed by atoms with Crippen LogP contribution in [0.2, 0.25) is 5.02 Å². The van der Waals surface area contributed by atoms with Crippen LogP contribution in [0.1, 0.15) is 24.0 Å². The summed E-state index contributed by atoms with van der Waals surface area (Å²) in [6.07, 6.45) is 1.75. The van der Waals surface area contributed by atoms with Gasteiger partial charge in [0, 0.05) is 11.6 Å². The van der Waals surface area contributed by atoms with Crippen molar-refractivity contribution in [3.8, 4) is 5.75 Å². The van der Waals surface area contributed by atoms with Crippen LogP contribution in [0.3, 0.4) is 0 Å². The van der Waals surface area contributed by atoms with Gasteiger partial charge in [-0.25, -0.2) is 0 Å². The van der Waals surface area contributed by atoms with Crippen molar-refractivity contribution in [3.63, 3.8) is 0 Å². The van der Waals surface area contributed by atoms with Crippen LogP contribution in [0.5, 0.6) is 5.75 Å². The lowest BCUT2D eigenvalue weighted by Crippen LogP contribution is -2.34. The Morgan fingerprint density at radius 3 is 2.55 bits per heavy atom. The van der Waals surface area contributed by atoms with E-state index in [2.05, 4.69) is 5.32 Å². The highest BCUT2D eigenvalue weighted by Crippen LogP contribution is 2.48. The standard InChI is InChI=1S/C18H18ClNO2/c1-22-16-7-5-13(6-8-16)12-20-17(21)18(9-10-18)14-3-2-4-15(19)11-14/h2-8,11H,9-10,12H2,1H3,(H,20,21). The molecule has 2 aromatic carbocycles. The second kappa shape index (κ2) is 6.01. The summed E-state index contributed by atoms with van der Waals surface area (Å²) in [4.78, 5) is 12.6. The third-order valence-electron chi connectivity index (χ3n) is 4.17. The Bertz CT molecular complexity index is 678. The smallest absolute Gasteiger partial charge is 0.230 e. The van der Waals surface area contributed by atoms with Crippen LogP contribution < -0.4 is 10.1 Å². The first-order valence-electron chi connectivity index (χ1n) is 7.31. The first-order valence-corrected chi connectivity index (χ1v) is 7.69. The van der Waals surface area contributed by atoms with Gasteiger partial charge >= 0.3 is 0 Å². The number of nitrogens with one attached hydrogen (secondary N) is 1. The van der Waals surface area contributed by atoms with E-state index in [9.17, 15) is 4.79 Å². The number of amides is 1. The van der Waals surface area contributed by atoms with E-state index in [1.54, 1.807) is 7.11 Å². The monoisotopic (exact) mass is 315 g/mol. The third-order valence-corrected chi connectivity index (χ3v) is 4.41. The van der Waals surface area contributed by atoms with Crippen molar-refractivity contribution >= 4 is 17.5 Å². The van der Waals surface area contributed by atoms with Crippen LogP contribution in [-0.2, 0) is 16.8 Å². The molecule has 1 fully saturated rings. The van der Waals surface area contributed by atoms with Crippen molar-refractivity contribution in [1.29, 1.82) is 0 Å². The first kappa shape index (κ1) is 14.9. The Kier molecular flexibility index (Phi) is 4.08. The van der Waals surface area contributed by atoms with Crippen LogP contribution in [0.4, 0.5) is 0 Å². The molecule has 0 atom stereocenters. The van der Waals surface area contributed by atoms with Crippen molar-refractivity contribution in [2.75, 3.05) is 7.11 Å². The number of hydrogen-bond donors (Lipinski definition) is 1. The van der Waals surface area contributed by atoms with E-state index in [0.717, 1.165) is 29.7 Å². The number of ether oxygens (including phenoxy) is 1. The minimum absolute atomic E-state index is 0.0746. The molecule has 3 nitrogen and oxygen atoms in total. The highest BCUT2D eigenvalue weighted by molar-refractivity contribution is 6.30. The highest BCUT2D eigenvalue weighted by Gasteiger charge is 2.51. The van der Waals surface area contributed by atoms with E-state index in [1.165, 1.54) is 0 Å². The van der Waals surface area contributed by atoms with Crippen molar-refractivity contribution < 1.29 is 9.53 Å². The zero-order valence-corrected chi connectivity index (χ0v) is 13.2. The van der Waals surface area contributed by atoms with Gasteiger partial charge in [-0.15, -0.1) is 0 Å². The molecule has 0 aromatic heterocycles. The zero-order chi connectivity index (χ0) is 15.6. The Hall–Kier alpha value is -2.00. The molecule has 0 bridgehead atoms. The van der Waals surface area contributed by atoms with Gasteiger partial charge in [-0.05, 0) is 48.2 Å². The second-order valence-corrected chi connectivity index (χ2v) is 6.06. The number of carbonyl (C=O) groups is 1. The molecular weight excluding hydrogens is 298 g/mol. The van der Waals surface area contributed by atoms with Gasteiger partial charge in [0.15, 0.2) is 0 Å². The maximum Gasteiger partial charge on any atom is 0.230 e. The Labute approximate surface area is 135 Å². The van der Waals surface area contributed by atoms with Crippen molar-refractivity contribution in [2.45, 2.75) is 24.8 Å². The third kappa shape index (κ3) is 2.95. The Balaban J connectivity index is 1.66. The Morgan fingerprint density at radius 1 is 1.23 bits per heavy atom. The summed E-state index contributed by atoms with van der Waals surface area (Å²) in [6, 6.07) is 15.3. The second-order valence-electron chi connectivity index (χ2n) is 5.62. The van der Waals surface area contributed by atoms with Crippen LogP contribution in [0.15, 0.2) is 48.5 Å². The molecular formula is C18H18ClNO2. The van der Waals surface area contributed by atoms with Gasteiger partial charge < -0.3 is 10.1 Å². The molecule has 3 rings (SSSR count). The number of rotatable bonds is 5. The van der Waals surface area contributed by atoms with E-state index < -0.39 is 5.41 Å². The first-order chi connectivity index (χ1) is 10.6. The molecule has 4 heteroatoms. The van der Waals surface area contributed by atoms with E-state index in [4.69, 9.17) is 16.3 Å². The maximum atomic E-state index is 12.6. The lowest BCUT2D eigenvalue weighted by Gasteiger charge is -2.16. The minimum atomic E-state index is -0.391. The molecule has 2 aromatic rings. The number of methoxy groups -OCH3 is 1. The fourth-order valence-corrected chi connectivity index (χ4v) is 2.84. The molecule has 0 radical (unpaired) electrons. The fourth-order valence-electron chi connectivity index (χ4n) is 2.65. The van der Waals surface area contributed by atoms with Crippen LogP contribution in [-0.4, -0.2) is 13.0 Å². The lowest BCUT2D eigenvalue weighted by molar-refractivity contribution is -0.123. The number of carbonyl (C=O) groups excluding carboxylic acids is 1. The summed E-state index contributed by atoms with van der Waals surface area (Å²) in [5, 5.41) is 3.71. The number of benzene rings is 2. The molecule has 1 aliphatic carbocycles. The molecule has 1 N–H and O–H groups in total. The number of hydrogen-bond acceptors (Lipinski definition) is 2. The van der Waals surface area contributed by atoms with E-state index in [-0.39, 0.29) is 5.91 Å². The van der Waals surface area contributed by atoms with Gasteiger partial charge in [-0.2, -0.15) is 0 Å². The topological polar surface area (TPSA) is 38.3 Å². The molecule has 0 spiro atoms. The Morgan fingerprint density at radius 2 is 1.95 bits per heavy atom. The molecule has 1 amide bonds. The van der Waals surface area contributed by atoms with Gasteiger partial charge in [0.2, 0.25) is 5.91 Å². The molecule has 0 heterocycles. The minimum Gasteiger partial charge on any atom is -0.497 e. The van der Waals surface area contributed by atoms with Crippen LogP contribution in [0, 0.1) is 0 Å². The van der Waals surface area contributed by atoms with E-state index >= 15 is 0 Å². The number of halogens is 1. The molecule has 0 unspecified atom stereocenters. The summed E-state index contributed by atoms with van der Waals surface area (Å²) < 4.78 is 5.13. The van der Waals surface area contributed by atoms with Crippen LogP contribution >= 0.6 is 11.6 Å². The predicted octanol–water partition coefficient (Wildman–Crippen LogP) is 3.70. The SMILES string of the molecule is COc1ccc(CNC(=O)C2(c3cccc(Cl)c3)CC2)cc1. The van der Waals surface area contributed by atoms with Crippen molar-refractivity contribution in [1.82, 2.24) is 5.32 Å². The average molecular weight is 316 g/mol. The molecule has 1 saturated carbocycles. The quantitative estimate of drug-likeness (QED) is 0.913. The largest absolute Gasteiger partial charge is 0.497 e. The van der Waals surface area contributed by atoms with Gasteiger partial charge in [0.1, 0.15) is 5.75 Å². The van der Waals surface area contributed by atoms with E-state index in [0.29, 0.717) is 11.6 Å². The molecule has 114 valence electrons. The van der Waals surface area contributed by atoms with Crippen molar-refractivity contribution in [2.24, 2.45) is 0 Å². The maximum absolute atomic E-state index is 12.6. The predicted molar refractivity (Wildman–Crippen MR) is 87.2 cm³/mol. The normalized spacial score (nSPS) is 15.2. The van der Waals surface area contributed by atoms with Crippen molar-refractivity contribution in [3.05, 3.63) is 64.7 Å². The zero-order valence-electron chi connectivity index (χ0n) is 12.4. The van der Waals surface area contributed by atoms with Crippen LogP contribution in [0.25, 0.3) is 0 Å². The average Bonchev–Trinajstić information content (AvgIpc) is 3.35. The lowest BCUT2D eigenvalue weighted by atomic mass is 9.95. The molecule has 0 saturated heterocycles. The summed E-state index contributed by atoms with van der Waals surface area (Å²) in [5.41, 5.74) is 1.67. The summed E-state index contributed by atoms with van der Waals surface area (Å²) in [7, 11) is 1.64. The van der Waals surface area contributed by atoms with Gasteiger partial charge in [-0.3, -0.25) is 4.79 Å². The fraction of sp³-hybridized carbons (Fsp3) is 0.278. The summed E-state index contributed by atoms with van der Waals surface area (Å²) >= 11 is 6.04.